The average Bonchev–Trinajstić information content (AvgIpc) is 2.81. The number of hydrogen-bond donors (Lipinski definition) is 2. The third-order valence-electron chi connectivity index (χ3n) is 4.85. The monoisotopic (exact) mass is 415 g/mol. The Morgan fingerprint density at radius 3 is 2.23 bits per heavy atom. The summed E-state index contributed by atoms with van der Waals surface area (Å²) in [5.74, 6) is 1.46. The van der Waals surface area contributed by atoms with Gasteiger partial charge in [-0.05, 0) is 68.4 Å². The minimum atomic E-state index is -0.466. The lowest BCUT2D eigenvalue weighted by Crippen LogP contribution is -2.33. The third kappa shape index (κ3) is 9.79. The fourth-order valence-electron chi connectivity index (χ4n) is 3.37. The topological polar surface area (TPSA) is 81.8 Å². The van der Waals surface area contributed by atoms with Crippen molar-refractivity contribution in [2.45, 2.75) is 65.0 Å². The van der Waals surface area contributed by atoms with E-state index in [0.717, 1.165) is 31.4 Å². The molecule has 2 aromatic rings. The summed E-state index contributed by atoms with van der Waals surface area (Å²) in [7, 11) is 1.67. The van der Waals surface area contributed by atoms with Gasteiger partial charge in [0.1, 0.15) is 17.5 Å². The smallest absolute Gasteiger partial charge is 0.323 e. The molecule has 0 aromatic heterocycles. The van der Waals surface area contributed by atoms with Gasteiger partial charge in [-0.2, -0.15) is 0 Å². The van der Waals surface area contributed by atoms with Gasteiger partial charge in [-0.1, -0.05) is 50.6 Å². The second kappa shape index (κ2) is 14.5. The summed E-state index contributed by atoms with van der Waals surface area (Å²) in [5, 5.41) is 8.63. The molecule has 5 nitrogen and oxygen atoms in total. The molecule has 2 unspecified atom stereocenters. The van der Waals surface area contributed by atoms with Crippen molar-refractivity contribution in [1.29, 1.82) is 0 Å². The molecular weight excluding hydrogens is 378 g/mol. The normalized spacial score (nSPS) is 21.2. The van der Waals surface area contributed by atoms with Gasteiger partial charge in [0.05, 0.1) is 13.2 Å². The van der Waals surface area contributed by atoms with Gasteiger partial charge < -0.3 is 20.3 Å². The van der Waals surface area contributed by atoms with Crippen molar-refractivity contribution in [1.82, 2.24) is 0 Å². The second-order valence-corrected chi connectivity index (χ2v) is 7.27. The van der Waals surface area contributed by atoms with Gasteiger partial charge >= 0.3 is 5.97 Å². The number of ether oxygens (including phenoxy) is 2. The number of hydrogen-bond acceptors (Lipinski definition) is 5. The maximum atomic E-state index is 11.7. The Bertz CT molecular complexity index is 703. The highest BCUT2D eigenvalue weighted by atomic mass is 16.5. The molecule has 0 aliphatic carbocycles. The van der Waals surface area contributed by atoms with Crippen LogP contribution in [0.3, 0.4) is 0 Å². The van der Waals surface area contributed by atoms with Crippen molar-refractivity contribution in [2.24, 2.45) is 11.7 Å². The Morgan fingerprint density at radius 2 is 1.70 bits per heavy atom. The molecule has 0 spiro atoms. The number of carbonyl (C=O) groups is 1. The zero-order valence-electron chi connectivity index (χ0n) is 18.7. The van der Waals surface area contributed by atoms with Crippen LogP contribution in [0.4, 0.5) is 0 Å². The fraction of sp³-hybridized carbons (Fsp3) is 0.480. The van der Waals surface area contributed by atoms with Crippen LogP contribution in [0.1, 0.15) is 52.0 Å². The van der Waals surface area contributed by atoms with E-state index in [-0.39, 0.29) is 12.1 Å². The van der Waals surface area contributed by atoms with Crippen molar-refractivity contribution in [3.8, 4) is 11.5 Å². The van der Waals surface area contributed by atoms with E-state index in [9.17, 15) is 4.79 Å². The van der Waals surface area contributed by atoms with Gasteiger partial charge in [-0.3, -0.25) is 4.79 Å². The molecule has 3 rings (SSSR count). The number of methoxy groups -OCH3 is 1. The first kappa shape index (κ1) is 25.5. The van der Waals surface area contributed by atoms with Gasteiger partial charge in [0.25, 0.3) is 0 Å². The lowest BCUT2D eigenvalue weighted by molar-refractivity contribution is -0.150. The number of rotatable bonds is 3. The van der Waals surface area contributed by atoms with Crippen LogP contribution in [-0.4, -0.2) is 30.3 Å². The number of phenolic OH excluding ortho intramolecular Hbond substituents is 1. The Labute approximate surface area is 181 Å². The first-order chi connectivity index (χ1) is 14.5. The molecule has 5 heteroatoms. The zero-order valence-corrected chi connectivity index (χ0v) is 18.7. The molecule has 166 valence electrons. The van der Waals surface area contributed by atoms with E-state index < -0.39 is 6.04 Å². The van der Waals surface area contributed by atoms with E-state index in [4.69, 9.17) is 20.3 Å². The highest BCUT2D eigenvalue weighted by Gasteiger charge is 2.23. The van der Waals surface area contributed by atoms with Crippen LogP contribution < -0.4 is 10.5 Å². The van der Waals surface area contributed by atoms with Gasteiger partial charge in [0.15, 0.2) is 0 Å². The Balaban J connectivity index is 0.000000418. The number of carbonyl (C=O) groups excluding carboxylic acids is 1. The Hall–Kier alpha value is -2.53. The van der Waals surface area contributed by atoms with Crippen LogP contribution in [0.25, 0.3) is 0 Å². The molecule has 0 saturated carbocycles. The zero-order chi connectivity index (χ0) is 22.4. The van der Waals surface area contributed by atoms with Crippen molar-refractivity contribution in [3.63, 3.8) is 0 Å². The predicted molar refractivity (Wildman–Crippen MR) is 122 cm³/mol. The molecule has 30 heavy (non-hydrogen) atoms. The summed E-state index contributed by atoms with van der Waals surface area (Å²) >= 11 is 0. The Morgan fingerprint density at radius 1 is 1.07 bits per heavy atom. The number of benzene rings is 2. The lowest BCUT2D eigenvalue weighted by Gasteiger charge is -2.20. The molecule has 2 aromatic carbocycles. The van der Waals surface area contributed by atoms with Crippen LogP contribution in [0, 0.1) is 5.92 Å². The highest BCUT2D eigenvalue weighted by Crippen LogP contribution is 2.25. The second-order valence-electron chi connectivity index (χ2n) is 7.27. The van der Waals surface area contributed by atoms with Crippen LogP contribution in [-0.2, 0) is 16.0 Å². The molecule has 1 heterocycles. The summed E-state index contributed by atoms with van der Waals surface area (Å²) in [6, 6.07) is 16.4. The maximum absolute atomic E-state index is 11.7. The molecule has 0 radical (unpaired) electrons. The van der Waals surface area contributed by atoms with Gasteiger partial charge in [-0.25, -0.2) is 0 Å². The summed E-state index contributed by atoms with van der Waals surface area (Å²) in [6.45, 7) is 5.96. The number of aromatic hydroxyl groups is 1. The van der Waals surface area contributed by atoms with Crippen LogP contribution in [0.2, 0.25) is 0 Å². The maximum Gasteiger partial charge on any atom is 0.323 e. The first-order valence-corrected chi connectivity index (χ1v) is 10.8. The minimum Gasteiger partial charge on any atom is -0.508 e. The fourth-order valence-corrected chi connectivity index (χ4v) is 3.37. The quantitative estimate of drug-likeness (QED) is 0.681. The lowest BCUT2D eigenvalue weighted by atomic mass is 9.89. The average molecular weight is 416 g/mol. The van der Waals surface area contributed by atoms with Crippen molar-refractivity contribution in [3.05, 3.63) is 60.2 Å². The largest absolute Gasteiger partial charge is 0.508 e. The summed E-state index contributed by atoms with van der Waals surface area (Å²) in [4.78, 5) is 11.7. The van der Waals surface area contributed by atoms with E-state index >= 15 is 0 Å². The molecular formula is C25H37NO4. The van der Waals surface area contributed by atoms with Crippen molar-refractivity contribution < 1.29 is 19.4 Å². The molecule has 0 bridgehead atoms. The van der Waals surface area contributed by atoms with Crippen LogP contribution >= 0.6 is 0 Å². The molecule has 3 atom stereocenters. The van der Waals surface area contributed by atoms with Crippen molar-refractivity contribution in [2.75, 3.05) is 7.11 Å². The third-order valence-corrected chi connectivity index (χ3v) is 4.85. The molecule has 3 N–H and O–H groups in total. The van der Waals surface area contributed by atoms with E-state index in [1.165, 1.54) is 5.56 Å². The van der Waals surface area contributed by atoms with Crippen LogP contribution in [0.15, 0.2) is 54.6 Å². The van der Waals surface area contributed by atoms with E-state index in [0.29, 0.717) is 18.1 Å². The first-order valence-electron chi connectivity index (χ1n) is 10.8. The number of cyclic esters (lactones) is 1. The standard InChI is InChI=1S/C17H25NO3.C6H6O.C2H6/c1-12-10-14(4-3-5-16(18)17(19)21-12)11-13-6-8-15(20-2)9-7-13;7-6-4-2-1-3-5-6;1-2/h6-9,12,14,16H,3-5,10-11,18H2,1-2H3;1-5,7H;1-2H3/t12?,14?,16-;;/m0../s1. The Kier molecular flexibility index (Phi) is 12.3. The minimum absolute atomic E-state index is 0.0649. The van der Waals surface area contributed by atoms with Crippen LogP contribution in [0.5, 0.6) is 11.5 Å². The van der Waals surface area contributed by atoms with Gasteiger partial charge in [0.2, 0.25) is 0 Å². The molecule has 1 fully saturated rings. The number of para-hydroxylation sites is 1. The summed E-state index contributed by atoms with van der Waals surface area (Å²) < 4.78 is 10.6. The van der Waals surface area contributed by atoms with Gasteiger partial charge in [0, 0.05) is 0 Å². The summed E-state index contributed by atoms with van der Waals surface area (Å²) in [5.41, 5.74) is 7.12. The molecule has 0 amide bonds. The van der Waals surface area contributed by atoms with E-state index in [2.05, 4.69) is 12.1 Å². The molecule has 1 aliphatic rings. The molecule has 1 aliphatic heterocycles. The van der Waals surface area contributed by atoms with Gasteiger partial charge in [-0.15, -0.1) is 0 Å². The SMILES string of the molecule is CC.COc1ccc(CC2CCC[C@H](N)C(=O)OC(C)C2)cc1.Oc1ccccc1. The van der Waals surface area contributed by atoms with E-state index in [1.807, 2.05) is 39.0 Å². The summed E-state index contributed by atoms with van der Waals surface area (Å²) in [6.07, 6.45) is 4.60. The predicted octanol–water partition coefficient (Wildman–Crippen LogP) is 5.11. The number of phenols is 1. The van der Waals surface area contributed by atoms with E-state index in [1.54, 1.807) is 31.4 Å². The highest BCUT2D eigenvalue weighted by molar-refractivity contribution is 5.75. The number of esters is 1. The number of nitrogens with two attached hydrogens (primary N) is 1. The molecule has 1 saturated heterocycles. The van der Waals surface area contributed by atoms with Crippen molar-refractivity contribution >= 4 is 5.97 Å².